The zero-order valence-corrected chi connectivity index (χ0v) is 8.61. The zero-order valence-electron chi connectivity index (χ0n) is 7.03. The Morgan fingerprint density at radius 1 is 1.31 bits per heavy atom. The van der Waals surface area contributed by atoms with Crippen molar-refractivity contribution in [3.63, 3.8) is 0 Å². The minimum atomic E-state index is -0.0195. The van der Waals surface area contributed by atoms with Crippen LogP contribution in [-0.4, -0.2) is 22.6 Å². The summed E-state index contributed by atoms with van der Waals surface area (Å²) in [7, 11) is 0. The maximum absolute atomic E-state index is 9.01. The molecular formula is C9H11ClO2S. The molecule has 0 spiro atoms. The molecule has 0 heterocycles. The fraction of sp³-hybridized carbons (Fsp3) is 0.333. The molecule has 0 amide bonds. The molecule has 0 fully saturated rings. The van der Waals surface area contributed by atoms with Gasteiger partial charge in [0.05, 0.1) is 13.2 Å². The van der Waals surface area contributed by atoms with Crippen molar-refractivity contribution >= 4 is 23.4 Å². The summed E-state index contributed by atoms with van der Waals surface area (Å²) < 4.78 is 0. The van der Waals surface area contributed by atoms with Gasteiger partial charge in [-0.2, -0.15) is 0 Å². The second-order valence-corrected chi connectivity index (χ2v) is 4.06. The summed E-state index contributed by atoms with van der Waals surface area (Å²) in [4.78, 5) is 0.973. The third-order valence-corrected chi connectivity index (χ3v) is 2.87. The van der Waals surface area contributed by atoms with Crippen LogP contribution in [0.3, 0.4) is 0 Å². The molecule has 2 nitrogen and oxygen atoms in total. The standard InChI is InChI=1S/C9H11ClO2S/c10-8-1-2-9(13-4-3-11)7(5-8)6-12/h1-2,5,11-12H,3-4,6H2. The largest absolute Gasteiger partial charge is 0.396 e. The molecule has 13 heavy (non-hydrogen) atoms. The second-order valence-electron chi connectivity index (χ2n) is 2.48. The Bertz CT molecular complexity index is 278. The molecule has 0 unspecified atom stereocenters. The van der Waals surface area contributed by atoms with Gasteiger partial charge in [0.2, 0.25) is 0 Å². The van der Waals surface area contributed by atoms with Gasteiger partial charge < -0.3 is 10.2 Å². The van der Waals surface area contributed by atoms with Gasteiger partial charge in [0.1, 0.15) is 0 Å². The lowest BCUT2D eigenvalue weighted by atomic mass is 10.2. The second kappa shape index (κ2) is 5.50. The summed E-state index contributed by atoms with van der Waals surface area (Å²) in [6.45, 7) is 0.118. The van der Waals surface area contributed by atoms with Gasteiger partial charge in [0.15, 0.2) is 0 Å². The van der Waals surface area contributed by atoms with Crippen LogP contribution >= 0.6 is 23.4 Å². The molecule has 4 heteroatoms. The highest BCUT2D eigenvalue weighted by Crippen LogP contribution is 2.25. The molecule has 0 saturated heterocycles. The number of aliphatic hydroxyl groups is 2. The highest BCUT2D eigenvalue weighted by molar-refractivity contribution is 7.99. The van der Waals surface area contributed by atoms with E-state index in [2.05, 4.69) is 0 Å². The first-order valence-electron chi connectivity index (χ1n) is 3.91. The van der Waals surface area contributed by atoms with Gasteiger partial charge in [-0.1, -0.05) is 11.6 Å². The number of thioether (sulfide) groups is 1. The van der Waals surface area contributed by atoms with Crippen LogP contribution in [-0.2, 0) is 6.61 Å². The van der Waals surface area contributed by atoms with Crippen molar-refractivity contribution in [1.29, 1.82) is 0 Å². The average Bonchev–Trinajstić information content (AvgIpc) is 2.16. The molecule has 1 rings (SSSR count). The van der Waals surface area contributed by atoms with E-state index in [1.54, 1.807) is 12.1 Å². The van der Waals surface area contributed by atoms with Crippen molar-refractivity contribution < 1.29 is 10.2 Å². The summed E-state index contributed by atoms with van der Waals surface area (Å²) in [6, 6.07) is 5.37. The molecule has 1 aromatic rings. The predicted octanol–water partition coefficient (Wildman–Crippen LogP) is 1.92. The lowest BCUT2D eigenvalue weighted by molar-refractivity contribution is 0.279. The summed E-state index contributed by atoms with van der Waals surface area (Å²) in [6.07, 6.45) is 0. The van der Waals surface area contributed by atoms with Gasteiger partial charge in [-0.15, -0.1) is 11.8 Å². The Balaban J connectivity index is 2.79. The maximum atomic E-state index is 9.01. The summed E-state index contributed by atoms with van der Waals surface area (Å²) in [5, 5.41) is 18.3. The molecule has 0 aliphatic heterocycles. The van der Waals surface area contributed by atoms with Gasteiger partial charge >= 0.3 is 0 Å². The van der Waals surface area contributed by atoms with Crippen molar-refractivity contribution in [2.45, 2.75) is 11.5 Å². The van der Waals surface area contributed by atoms with E-state index in [0.717, 1.165) is 10.5 Å². The molecule has 0 aliphatic rings. The number of benzene rings is 1. The van der Waals surface area contributed by atoms with Gasteiger partial charge in [-0.05, 0) is 23.8 Å². The Morgan fingerprint density at radius 2 is 2.08 bits per heavy atom. The first-order chi connectivity index (χ1) is 6.27. The van der Waals surface area contributed by atoms with Crippen LogP contribution in [0, 0.1) is 0 Å². The normalized spacial score (nSPS) is 10.4. The van der Waals surface area contributed by atoms with E-state index in [1.165, 1.54) is 11.8 Å². The topological polar surface area (TPSA) is 40.5 Å². The van der Waals surface area contributed by atoms with E-state index in [4.69, 9.17) is 21.8 Å². The van der Waals surface area contributed by atoms with Gasteiger partial charge in [-0.25, -0.2) is 0 Å². The number of hydrogen-bond donors (Lipinski definition) is 2. The fourth-order valence-electron chi connectivity index (χ4n) is 0.968. The van der Waals surface area contributed by atoms with Crippen LogP contribution in [0.1, 0.15) is 5.56 Å². The van der Waals surface area contributed by atoms with Crippen LogP contribution in [0.15, 0.2) is 23.1 Å². The molecule has 0 aliphatic carbocycles. The first-order valence-corrected chi connectivity index (χ1v) is 5.27. The summed E-state index contributed by atoms with van der Waals surface area (Å²) >= 11 is 7.27. The molecular weight excluding hydrogens is 208 g/mol. The van der Waals surface area contributed by atoms with Crippen molar-refractivity contribution in [3.8, 4) is 0 Å². The third-order valence-electron chi connectivity index (χ3n) is 1.54. The third kappa shape index (κ3) is 3.19. The van der Waals surface area contributed by atoms with Gasteiger partial charge in [0, 0.05) is 15.7 Å². The zero-order chi connectivity index (χ0) is 9.68. The van der Waals surface area contributed by atoms with E-state index in [1.807, 2.05) is 6.07 Å². The van der Waals surface area contributed by atoms with Crippen molar-refractivity contribution in [1.82, 2.24) is 0 Å². The van der Waals surface area contributed by atoms with Crippen molar-refractivity contribution in [2.24, 2.45) is 0 Å². The highest BCUT2D eigenvalue weighted by atomic mass is 35.5. The summed E-state index contributed by atoms with van der Waals surface area (Å²) in [5.41, 5.74) is 0.811. The molecule has 0 bridgehead atoms. The Hall–Kier alpha value is -0.220. The molecule has 0 atom stereocenters. The fourth-order valence-corrected chi connectivity index (χ4v) is 1.95. The molecule has 2 N–H and O–H groups in total. The predicted molar refractivity (Wildman–Crippen MR) is 55.2 cm³/mol. The Labute approximate surface area is 86.5 Å². The van der Waals surface area contributed by atoms with E-state index in [9.17, 15) is 0 Å². The molecule has 72 valence electrons. The van der Waals surface area contributed by atoms with Crippen LogP contribution in [0.4, 0.5) is 0 Å². The number of aliphatic hydroxyl groups excluding tert-OH is 2. The van der Waals surface area contributed by atoms with Crippen molar-refractivity contribution in [3.05, 3.63) is 28.8 Å². The van der Waals surface area contributed by atoms with Gasteiger partial charge in [-0.3, -0.25) is 0 Å². The van der Waals surface area contributed by atoms with E-state index in [0.29, 0.717) is 10.8 Å². The minimum absolute atomic E-state index is 0.0195. The summed E-state index contributed by atoms with van der Waals surface area (Å²) in [5.74, 6) is 0.634. The first kappa shape index (κ1) is 10.9. The number of hydrogen-bond acceptors (Lipinski definition) is 3. The highest BCUT2D eigenvalue weighted by Gasteiger charge is 2.02. The maximum Gasteiger partial charge on any atom is 0.0693 e. The van der Waals surface area contributed by atoms with E-state index >= 15 is 0 Å². The Morgan fingerprint density at radius 3 is 2.69 bits per heavy atom. The molecule has 0 radical (unpaired) electrons. The lowest BCUT2D eigenvalue weighted by Crippen LogP contribution is -1.91. The molecule has 0 aromatic heterocycles. The minimum Gasteiger partial charge on any atom is -0.396 e. The van der Waals surface area contributed by atoms with Gasteiger partial charge in [0.25, 0.3) is 0 Å². The molecule has 0 saturated carbocycles. The Kier molecular flexibility index (Phi) is 4.59. The molecule has 1 aromatic carbocycles. The smallest absolute Gasteiger partial charge is 0.0693 e. The van der Waals surface area contributed by atoms with Crippen molar-refractivity contribution in [2.75, 3.05) is 12.4 Å². The van der Waals surface area contributed by atoms with E-state index < -0.39 is 0 Å². The lowest BCUT2D eigenvalue weighted by Gasteiger charge is -2.05. The SMILES string of the molecule is OCCSc1ccc(Cl)cc1CO. The quantitative estimate of drug-likeness (QED) is 0.759. The average molecular weight is 219 g/mol. The van der Waals surface area contributed by atoms with Crippen LogP contribution in [0.25, 0.3) is 0 Å². The van der Waals surface area contributed by atoms with Crippen LogP contribution in [0.5, 0.6) is 0 Å². The van der Waals surface area contributed by atoms with Crippen LogP contribution in [0.2, 0.25) is 5.02 Å². The van der Waals surface area contributed by atoms with Crippen LogP contribution < -0.4 is 0 Å². The van der Waals surface area contributed by atoms with E-state index in [-0.39, 0.29) is 13.2 Å². The number of halogens is 1. The monoisotopic (exact) mass is 218 g/mol. The number of rotatable bonds is 4.